The van der Waals surface area contributed by atoms with Crippen molar-refractivity contribution in [2.24, 2.45) is 0 Å². The zero-order valence-electron chi connectivity index (χ0n) is 10.9. The molecule has 2 aromatic rings. The maximum absolute atomic E-state index is 12.7. The van der Waals surface area contributed by atoms with Gasteiger partial charge >= 0.3 is 5.51 Å². The summed E-state index contributed by atoms with van der Waals surface area (Å²) in [6, 6.07) is 7.26. The van der Waals surface area contributed by atoms with Crippen LogP contribution in [0.5, 0.6) is 0 Å². The molecule has 7 heteroatoms. The molecule has 0 radical (unpaired) electrons. The molecule has 2 heterocycles. The van der Waals surface area contributed by atoms with Gasteiger partial charge < -0.3 is 4.90 Å². The Morgan fingerprint density at radius 3 is 2.57 bits per heavy atom. The Morgan fingerprint density at radius 1 is 1.24 bits per heavy atom. The van der Waals surface area contributed by atoms with Crippen LogP contribution in [-0.4, -0.2) is 18.6 Å². The van der Waals surface area contributed by atoms with Crippen molar-refractivity contribution in [3.05, 3.63) is 23.1 Å². The molecule has 1 saturated heterocycles. The second-order valence-corrected chi connectivity index (χ2v) is 6.86. The van der Waals surface area contributed by atoms with Crippen molar-refractivity contribution < 1.29 is 13.2 Å². The molecule has 21 heavy (non-hydrogen) atoms. The number of thiophene rings is 1. The van der Waals surface area contributed by atoms with Gasteiger partial charge in [-0.25, -0.2) is 0 Å². The lowest BCUT2D eigenvalue weighted by atomic mass is 10.2. The highest BCUT2D eigenvalue weighted by Gasteiger charge is 2.33. The summed E-state index contributed by atoms with van der Waals surface area (Å²) in [5.41, 5.74) is -3.44. The summed E-state index contributed by atoms with van der Waals surface area (Å²) in [6.07, 6.45) is 2.19. The monoisotopic (exact) mass is 328 g/mol. The fourth-order valence-corrected chi connectivity index (χ4v) is 4.58. The lowest BCUT2D eigenvalue weighted by Crippen LogP contribution is -2.17. The molecule has 0 unspecified atom stereocenters. The maximum Gasteiger partial charge on any atom is 0.446 e. The van der Waals surface area contributed by atoms with Gasteiger partial charge in [0.1, 0.15) is 10.9 Å². The third-order valence-corrected chi connectivity index (χ3v) is 5.54. The number of hydrogen-bond acceptors (Lipinski definition) is 4. The largest absolute Gasteiger partial charge is 0.446 e. The van der Waals surface area contributed by atoms with E-state index < -0.39 is 5.51 Å². The average Bonchev–Trinajstić information content (AvgIpc) is 3.05. The second kappa shape index (κ2) is 5.43. The van der Waals surface area contributed by atoms with E-state index in [9.17, 15) is 13.2 Å². The first kappa shape index (κ1) is 14.5. The van der Waals surface area contributed by atoms with Crippen LogP contribution in [0.2, 0.25) is 0 Å². The number of fused-ring (bicyclic) bond motifs is 1. The van der Waals surface area contributed by atoms with Gasteiger partial charge in [0.25, 0.3) is 0 Å². The first-order valence-electron chi connectivity index (χ1n) is 6.46. The normalized spacial score (nSPS) is 15.6. The van der Waals surface area contributed by atoms with Crippen molar-refractivity contribution in [3.8, 4) is 6.07 Å². The smallest absolute Gasteiger partial charge is 0.370 e. The predicted octanol–water partition coefficient (Wildman–Crippen LogP) is 4.99. The fraction of sp³-hybridized carbons (Fsp3) is 0.357. The average molecular weight is 328 g/mol. The van der Waals surface area contributed by atoms with Crippen LogP contribution in [-0.2, 0) is 0 Å². The summed E-state index contributed by atoms with van der Waals surface area (Å²) in [4.78, 5) is 2.35. The molecule has 2 nitrogen and oxygen atoms in total. The molecule has 1 aliphatic heterocycles. The van der Waals surface area contributed by atoms with E-state index in [-0.39, 0.29) is 21.5 Å². The van der Waals surface area contributed by atoms with Crippen molar-refractivity contribution in [2.75, 3.05) is 18.0 Å². The van der Waals surface area contributed by atoms with Crippen molar-refractivity contribution in [1.29, 1.82) is 5.26 Å². The van der Waals surface area contributed by atoms with Crippen LogP contribution in [0.25, 0.3) is 10.1 Å². The van der Waals surface area contributed by atoms with Crippen LogP contribution in [0.15, 0.2) is 23.1 Å². The van der Waals surface area contributed by atoms with Crippen LogP contribution in [0.3, 0.4) is 0 Å². The first-order valence-corrected chi connectivity index (χ1v) is 8.09. The number of thioether (sulfide) groups is 1. The molecule has 1 aromatic heterocycles. The highest BCUT2D eigenvalue weighted by molar-refractivity contribution is 8.00. The summed E-state index contributed by atoms with van der Waals surface area (Å²) in [5, 5.41) is 9.67. The molecule has 1 aromatic carbocycles. The quantitative estimate of drug-likeness (QED) is 0.727. The molecule has 0 bridgehead atoms. The summed E-state index contributed by atoms with van der Waals surface area (Å²) in [6.45, 7) is 1.83. The summed E-state index contributed by atoms with van der Waals surface area (Å²) < 4.78 is 38.9. The summed E-state index contributed by atoms with van der Waals surface area (Å²) in [7, 11) is 0. The molecule has 0 atom stereocenters. The minimum Gasteiger partial charge on any atom is -0.370 e. The minimum absolute atomic E-state index is 0.0334. The van der Waals surface area contributed by atoms with E-state index >= 15 is 0 Å². The lowest BCUT2D eigenvalue weighted by molar-refractivity contribution is -0.0327. The van der Waals surface area contributed by atoms with Gasteiger partial charge in [-0.05, 0) is 30.7 Å². The molecule has 0 aliphatic carbocycles. The lowest BCUT2D eigenvalue weighted by Gasteiger charge is -2.18. The predicted molar refractivity (Wildman–Crippen MR) is 79.9 cm³/mol. The zero-order valence-corrected chi connectivity index (χ0v) is 12.5. The van der Waals surface area contributed by atoms with E-state index in [4.69, 9.17) is 5.26 Å². The van der Waals surface area contributed by atoms with E-state index in [1.54, 1.807) is 12.1 Å². The summed E-state index contributed by atoms with van der Waals surface area (Å²) in [5.74, 6) is 0. The molecule has 0 spiro atoms. The third kappa shape index (κ3) is 2.83. The van der Waals surface area contributed by atoms with Crippen LogP contribution >= 0.6 is 23.1 Å². The van der Waals surface area contributed by atoms with E-state index in [0.717, 1.165) is 47.7 Å². The Hall–Kier alpha value is -1.39. The highest BCUT2D eigenvalue weighted by Crippen LogP contribution is 2.47. The van der Waals surface area contributed by atoms with Gasteiger partial charge in [-0.2, -0.15) is 18.4 Å². The molecule has 0 saturated carbocycles. The first-order chi connectivity index (χ1) is 9.99. The molecule has 1 aliphatic rings. The number of anilines is 1. The van der Waals surface area contributed by atoms with Gasteiger partial charge in [-0.1, -0.05) is 12.1 Å². The standard InChI is InChI=1S/C14H11F3N2S2/c15-14(16,17)21-13-9-4-3-5-10(19-6-1-2-7-19)12(9)20-11(13)8-18/h3-5H,1-2,6-7H2. The molecular weight excluding hydrogens is 317 g/mol. The third-order valence-electron chi connectivity index (χ3n) is 3.42. The second-order valence-electron chi connectivity index (χ2n) is 4.77. The Bertz CT molecular complexity index is 709. The molecule has 0 N–H and O–H groups in total. The van der Waals surface area contributed by atoms with Gasteiger partial charge in [0, 0.05) is 18.5 Å². The SMILES string of the molecule is N#Cc1sc2c(N3CCCC3)cccc2c1SC(F)(F)F. The molecular formula is C14H11F3N2S2. The van der Waals surface area contributed by atoms with Crippen molar-refractivity contribution in [1.82, 2.24) is 0 Å². The van der Waals surface area contributed by atoms with Gasteiger partial charge in [0.05, 0.1) is 15.3 Å². The van der Waals surface area contributed by atoms with Crippen LogP contribution in [0.4, 0.5) is 18.9 Å². The Labute approximate surface area is 128 Å². The number of hydrogen-bond donors (Lipinski definition) is 0. The van der Waals surface area contributed by atoms with E-state index in [1.165, 1.54) is 0 Å². The molecule has 1 fully saturated rings. The number of nitrogens with zero attached hydrogens (tertiary/aromatic N) is 2. The van der Waals surface area contributed by atoms with Gasteiger partial charge in [-0.3, -0.25) is 0 Å². The molecule has 3 rings (SSSR count). The van der Waals surface area contributed by atoms with Crippen LogP contribution in [0, 0.1) is 11.3 Å². The van der Waals surface area contributed by atoms with Crippen LogP contribution in [0.1, 0.15) is 17.7 Å². The highest BCUT2D eigenvalue weighted by atomic mass is 32.2. The maximum atomic E-state index is 12.7. The van der Waals surface area contributed by atoms with Gasteiger partial charge in [0.15, 0.2) is 0 Å². The number of rotatable bonds is 2. The van der Waals surface area contributed by atoms with E-state index in [0.29, 0.717) is 5.39 Å². The van der Waals surface area contributed by atoms with Crippen molar-refractivity contribution >= 4 is 38.9 Å². The van der Waals surface area contributed by atoms with Crippen molar-refractivity contribution in [3.63, 3.8) is 0 Å². The zero-order chi connectivity index (χ0) is 15.0. The Morgan fingerprint density at radius 2 is 1.95 bits per heavy atom. The topological polar surface area (TPSA) is 27.0 Å². The summed E-state index contributed by atoms with van der Waals surface area (Å²) >= 11 is 0.963. The Kier molecular flexibility index (Phi) is 3.76. The Balaban J connectivity index is 2.15. The molecule has 0 amide bonds. The number of nitriles is 1. The van der Waals surface area contributed by atoms with E-state index in [2.05, 4.69) is 4.90 Å². The van der Waals surface area contributed by atoms with Crippen LogP contribution < -0.4 is 4.90 Å². The van der Waals surface area contributed by atoms with Gasteiger partial charge in [-0.15, -0.1) is 11.3 Å². The molecule has 110 valence electrons. The number of alkyl halides is 3. The van der Waals surface area contributed by atoms with Crippen molar-refractivity contribution in [2.45, 2.75) is 23.2 Å². The minimum atomic E-state index is -4.39. The number of halogens is 3. The van der Waals surface area contributed by atoms with Gasteiger partial charge in [0.2, 0.25) is 0 Å². The fourth-order valence-electron chi connectivity index (χ4n) is 2.58. The number of benzene rings is 1. The van der Waals surface area contributed by atoms with E-state index in [1.807, 2.05) is 12.1 Å².